The summed E-state index contributed by atoms with van der Waals surface area (Å²) in [5, 5.41) is 13.1. The predicted octanol–water partition coefficient (Wildman–Crippen LogP) is -0.467. The van der Waals surface area contributed by atoms with E-state index < -0.39 is 17.2 Å². The number of phenols is 1. The number of rotatable bonds is 3. The number of nitrogens with one attached hydrogen (secondary N) is 3. The zero-order valence-electron chi connectivity index (χ0n) is 10.1. The third-order valence-corrected chi connectivity index (χ3v) is 2.37. The average molecular weight is 274 g/mol. The highest BCUT2D eigenvalue weighted by Gasteiger charge is 2.09. The lowest BCUT2D eigenvalue weighted by molar-refractivity contribution is 0.0953. The molecule has 0 saturated heterocycles. The molecule has 0 saturated carbocycles. The van der Waals surface area contributed by atoms with Crippen molar-refractivity contribution in [2.45, 2.75) is 0 Å². The van der Waals surface area contributed by atoms with E-state index in [1.165, 1.54) is 12.3 Å². The monoisotopic (exact) mass is 274 g/mol. The minimum atomic E-state index is -0.816. The Kier molecular flexibility index (Phi) is 3.75. The summed E-state index contributed by atoms with van der Waals surface area (Å²) in [6.07, 6.45) is 2.22. The maximum absolute atomic E-state index is 11.6. The summed E-state index contributed by atoms with van der Waals surface area (Å²) in [5.41, 5.74) is 0.719. The van der Waals surface area contributed by atoms with Gasteiger partial charge >= 0.3 is 5.69 Å². The van der Waals surface area contributed by atoms with Gasteiger partial charge in [0.25, 0.3) is 11.5 Å². The normalized spacial score (nSPS) is 10.6. The summed E-state index contributed by atoms with van der Waals surface area (Å²) in [4.78, 5) is 37.9. The molecular formula is C12H10N4O4. The topological polar surface area (TPSA) is 127 Å². The molecule has 0 unspecified atom stereocenters. The average Bonchev–Trinajstić information content (AvgIpc) is 2.40. The molecule has 1 aromatic carbocycles. The van der Waals surface area contributed by atoms with Crippen molar-refractivity contribution in [2.24, 2.45) is 5.10 Å². The van der Waals surface area contributed by atoms with Crippen molar-refractivity contribution in [1.29, 1.82) is 0 Å². The number of benzene rings is 1. The van der Waals surface area contributed by atoms with Gasteiger partial charge in [-0.2, -0.15) is 5.10 Å². The van der Waals surface area contributed by atoms with Gasteiger partial charge in [-0.1, -0.05) is 12.1 Å². The number of aromatic nitrogens is 2. The maximum atomic E-state index is 11.6. The number of hydrogen-bond acceptors (Lipinski definition) is 5. The Morgan fingerprint density at radius 3 is 2.75 bits per heavy atom. The number of para-hydroxylation sites is 1. The van der Waals surface area contributed by atoms with E-state index in [-0.39, 0.29) is 11.3 Å². The molecule has 0 bridgehead atoms. The highest BCUT2D eigenvalue weighted by molar-refractivity contribution is 5.94. The van der Waals surface area contributed by atoms with E-state index in [0.29, 0.717) is 5.56 Å². The minimum absolute atomic E-state index is 0.00684. The molecule has 0 aliphatic heterocycles. The molecule has 102 valence electrons. The number of aromatic amines is 2. The van der Waals surface area contributed by atoms with Crippen molar-refractivity contribution in [3.8, 4) is 5.75 Å². The third-order valence-electron chi connectivity index (χ3n) is 2.37. The molecule has 0 aliphatic rings. The van der Waals surface area contributed by atoms with Crippen molar-refractivity contribution < 1.29 is 9.90 Å². The first-order valence-corrected chi connectivity index (χ1v) is 5.51. The van der Waals surface area contributed by atoms with Crippen molar-refractivity contribution in [3.05, 3.63) is 62.4 Å². The summed E-state index contributed by atoms with van der Waals surface area (Å²) in [6.45, 7) is 0. The van der Waals surface area contributed by atoms with Gasteiger partial charge in [0.2, 0.25) is 0 Å². The molecule has 1 amide bonds. The van der Waals surface area contributed by atoms with Crippen molar-refractivity contribution in [3.63, 3.8) is 0 Å². The number of carbonyl (C=O) groups excluding carboxylic acids is 1. The standard InChI is InChI=1S/C12H10N4O4/c17-9-4-2-1-3-7(9)5-14-16-11(19)8-6-13-12(20)15-10(8)18/h1-6,17H,(H,16,19)(H2,13,15,18,20). The van der Waals surface area contributed by atoms with Crippen molar-refractivity contribution in [2.75, 3.05) is 0 Å². The molecule has 2 rings (SSSR count). The molecule has 1 aromatic heterocycles. The Balaban J connectivity index is 2.11. The van der Waals surface area contributed by atoms with E-state index in [1.807, 2.05) is 4.98 Å². The fourth-order valence-electron chi connectivity index (χ4n) is 1.40. The molecule has 8 heteroatoms. The Labute approximate surface area is 111 Å². The minimum Gasteiger partial charge on any atom is -0.507 e. The second-order valence-electron chi connectivity index (χ2n) is 3.74. The molecule has 2 aromatic rings. The Bertz CT molecular complexity index is 775. The summed E-state index contributed by atoms with van der Waals surface area (Å²) >= 11 is 0. The van der Waals surface area contributed by atoms with Crippen LogP contribution in [-0.4, -0.2) is 27.2 Å². The smallest absolute Gasteiger partial charge is 0.325 e. The zero-order valence-corrected chi connectivity index (χ0v) is 10.1. The van der Waals surface area contributed by atoms with Gasteiger partial charge in [-0.25, -0.2) is 10.2 Å². The van der Waals surface area contributed by atoms with Crippen LogP contribution >= 0.6 is 0 Å². The fourth-order valence-corrected chi connectivity index (χ4v) is 1.40. The van der Waals surface area contributed by atoms with E-state index in [1.54, 1.807) is 18.2 Å². The molecule has 8 nitrogen and oxygen atoms in total. The van der Waals surface area contributed by atoms with Gasteiger partial charge in [0.1, 0.15) is 11.3 Å². The van der Waals surface area contributed by atoms with Gasteiger partial charge in [0, 0.05) is 11.8 Å². The number of nitrogens with zero attached hydrogens (tertiary/aromatic N) is 1. The number of amides is 1. The number of carbonyl (C=O) groups is 1. The first-order chi connectivity index (χ1) is 9.58. The van der Waals surface area contributed by atoms with Crippen LogP contribution < -0.4 is 16.7 Å². The lowest BCUT2D eigenvalue weighted by Crippen LogP contribution is -2.31. The van der Waals surface area contributed by atoms with Crippen molar-refractivity contribution in [1.82, 2.24) is 15.4 Å². The number of aromatic hydroxyl groups is 1. The summed E-state index contributed by atoms with van der Waals surface area (Å²) < 4.78 is 0. The van der Waals surface area contributed by atoms with Crippen LogP contribution in [0.3, 0.4) is 0 Å². The van der Waals surface area contributed by atoms with Crippen LogP contribution in [0.1, 0.15) is 15.9 Å². The second-order valence-corrected chi connectivity index (χ2v) is 3.74. The van der Waals surface area contributed by atoms with Gasteiger partial charge in [-0.3, -0.25) is 14.6 Å². The molecule has 0 fully saturated rings. The highest BCUT2D eigenvalue weighted by Crippen LogP contribution is 2.12. The van der Waals surface area contributed by atoms with Crippen LogP contribution in [0.25, 0.3) is 0 Å². The molecule has 20 heavy (non-hydrogen) atoms. The molecule has 0 aliphatic carbocycles. The van der Waals surface area contributed by atoms with E-state index in [4.69, 9.17) is 0 Å². The van der Waals surface area contributed by atoms with E-state index >= 15 is 0 Å². The lowest BCUT2D eigenvalue weighted by atomic mass is 10.2. The molecule has 0 spiro atoms. The van der Waals surface area contributed by atoms with Crippen molar-refractivity contribution >= 4 is 12.1 Å². The lowest BCUT2D eigenvalue weighted by Gasteiger charge is -1.99. The quantitative estimate of drug-likeness (QED) is 0.445. The first kappa shape index (κ1) is 13.3. The van der Waals surface area contributed by atoms with Crippen LogP contribution in [0.5, 0.6) is 5.75 Å². The number of hydrazone groups is 1. The number of hydrogen-bond donors (Lipinski definition) is 4. The highest BCUT2D eigenvalue weighted by atomic mass is 16.3. The largest absolute Gasteiger partial charge is 0.507 e. The SMILES string of the molecule is O=C(NN=Cc1ccccc1O)c1c[nH]c(=O)[nH]c1=O. The summed E-state index contributed by atoms with van der Waals surface area (Å²) in [5.74, 6) is -0.776. The van der Waals surface area contributed by atoms with E-state index in [9.17, 15) is 19.5 Å². The molecular weight excluding hydrogens is 264 g/mol. The maximum Gasteiger partial charge on any atom is 0.325 e. The van der Waals surface area contributed by atoms with Gasteiger partial charge in [0.05, 0.1) is 6.21 Å². The summed E-state index contributed by atoms with van der Waals surface area (Å²) in [7, 11) is 0. The van der Waals surface area contributed by atoms with Crippen LogP contribution in [0.15, 0.2) is 45.2 Å². The van der Waals surface area contributed by atoms with E-state index in [2.05, 4.69) is 15.5 Å². The van der Waals surface area contributed by atoms with Crippen LogP contribution in [0.2, 0.25) is 0 Å². The molecule has 0 radical (unpaired) electrons. The summed E-state index contributed by atoms with van der Waals surface area (Å²) in [6, 6.07) is 6.40. The Morgan fingerprint density at radius 1 is 1.30 bits per heavy atom. The molecule has 1 heterocycles. The Hall–Kier alpha value is -3.16. The van der Waals surface area contributed by atoms with Gasteiger partial charge in [-0.05, 0) is 12.1 Å². The van der Waals surface area contributed by atoms with Gasteiger partial charge in [0.15, 0.2) is 0 Å². The van der Waals surface area contributed by atoms with Gasteiger partial charge in [-0.15, -0.1) is 0 Å². The van der Waals surface area contributed by atoms with Crippen LogP contribution in [0.4, 0.5) is 0 Å². The molecule has 4 N–H and O–H groups in total. The van der Waals surface area contributed by atoms with E-state index in [0.717, 1.165) is 6.20 Å². The second kappa shape index (κ2) is 5.65. The zero-order chi connectivity index (χ0) is 14.5. The molecule has 0 atom stereocenters. The Morgan fingerprint density at radius 2 is 2.05 bits per heavy atom. The van der Waals surface area contributed by atoms with Crippen LogP contribution in [0, 0.1) is 0 Å². The fraction of sp³-hybridized carbons (Fsp3) is 0. The first-order valence-electron chi connectivity index (χ1n) is 5.51. The number of H-pyrrole nitrogens is 2. The number of phenolic OH excluding ortho intramolecular Hbond substituents is 1. The van der Waals surface area contributed by atoms with Gasteiger partial charge < -0.3 is 10.1 Å². The third kappa shape index (κ3) is 2.99. The predicted molar refractivity (Wildman–Crippen MR) is 70.9 cm³/mol. The van der Waals surface area contributed by atoms with Crippen LogP contribution in [-0.2, 0) is 0 Å².